The van der Waals surface area contributed by atoms with E-state index in [0.717, 1.165) is 72.0 Å². The molecule has 10 aromatic rings. The van der Waals surface area contributed by atoms with Crippen molar-refractivity contribution in [2.45, 2.75) is 0 Å². The molecule has 0 aliphatic heterocycles. The molecule has 0 radical (unpaired) electrons. The average Bonchev–Trinajstić information content (AvgIpc) is 3.67. The monoisotopic (exact) mass is 703 g/mol. The van der Waals surface area contributed by atoms with Crippen LogP contribution in [0.25, 0.3) is 101 Å². The quantitative estimate of drug-likeness (QED) is 0.166. The molecule has 0 fully saturated rings. The summed E-state index contributed by atoms with van der Waals surface area (Å²) in [6.45, 7) is 0. The first-order valence-corrected chi connectivity index (χ1v) is 18.4. The third-order valence-corrected chi connectivity index (χ3v) is 10.2. The first kappa shape index (κ1) is 32.2. The van der Waals surface area contributed by atoms with Crippen LogP contribution in [0.15, 0.2) is 205 Å². The zero-order valence-electron chi connectivity index (χ0n) is 29.8. The summed E-state index contributed by atoms with van der Waals surface area (Å²) >= 11 is 0. The Bertz CT molecular complexity index is 2940. The highest BCUT2D eigenvalue weighted by molar-refractivity contribution is 6.17. The summed E-state index contributed by atoms with van der Waals surface area (Å²) in [5.74, 6) is 1.81. The molecule has 0 amide bonds. The molecule has 0 saturated heterocycles. The van der Waals surface area contributed by atoms with Crippen molar-refractivity contribution in [3.05, 3.63) is 200 Å². The maximum absolute atomic E-state index is 6.56. The lowest BCUT2D eigenvalue weighted by Crippen LogP contribution is -2.00. The van der Waals surface area contributed by atoms with Crippen LogP contribution in [0.5, 0.6) is 0 Å². The van der Waals surface area contributed by atoms with Crippen molar-refractivity contribution in [1.29, 1.82) is 0 Å². The van der Waals surface area contributed by atoms with Gasteiger partial charge >= 0.3 is 0 Å². The van der Waals surface area contributed by atoms with Crippen LogP contribution in [-0.2, 0) is 0 Å². The van der Waals surface area contributed by atoms with Crippen LogP contribution in [0.4, 0.5) is 0 Å². The zero-order chi connectivity index (χ0) is 36.6. The van der Waals surface area contributed by atoms with E-state index >= 15 is 0 Å². The Morgan fingerprint density at radius 2 is 0.618 bits per heavy atom. The van der Waals surface area contributed by atoms with Crippen LogP contribution >= 0.6 is 0 Å². The SMILES string of the molecule is c1ccc(-c2ccc(-c3cccc(-c4cccc5oc6cccc(-c7nc(-c8ccccc8)nc(-c8ccc(-c9ccccc9)cc8)n7)c6c45)c3)cc2)cc1. The van der Waals surface area contributed by atoms with Gasteiger partial charge < -0.3 is 4.42 Å². The van der Waals surface area contributed by atoms with Crippen molar-refractivity contribution in [3.63, 3.8) is 0 Å². The lowest BCUT2D eigenvalue weighted by atomic mass is 9.94. The normalized spacial score (nSPS) is 11.3. The van der Waals surface area contributed by atoms with Crippen molar-refractivity contribution < 1.29 is 4.42 Å². The molecule has 0 aliphatic rings. The van der Waals surface area contributed by atoms with E-state index in [0.29, 0.717) is 17.5 Å². The van der Waals surface area contributed by atoms with Gasteiger partial charge in [0, 0.05) is 27.5 Å². The second kappa shape index (κ2) is 13.8. The summed E-state index contributed by atoms with van der Waals surface area (Å²) in [7, 11) is 0. The van der Waals surface area contributed by atoms with Gasteiger partial charge in [-0.05, 0) is 62.7 Å². The van der Waals surface area contributed by atoms with E-state index in [1.807, 2.05) is 60.7 Å². The zero-order valence-corrected chi connectivity index (χ0v) is 29.8. The number of benzene rings is 8. The standard InChI is InChI=1S/C51H33N3O/c1-4-13-34(14-5-1)36-25-27-38(28-26-36)41-19-10-20-42(33-41)43-21-11-23-45-47(43)48-44(22-12-24-46(48)55-45)51-53-49(39-17-8-3-9-18-39)52-50(54-51)40-31-29-37(30-32-40)35-15-6-2-7-16-35/h1-33H. The van der Waals surface area contributed by atoms with Gasteiger partial charge in [-0.1, -0.05) is 182 Å². The van der Waals surface area contributed by atoms with Gasteiger partial charge in [0.15, 0.2) is 17.5 Å². The van der Waals surface area contributed by atoms with Gasteiger partial charge in [0.1, 0.15) is 11.2 Å². The van der Waals surface area contributed by atoms with Gasteiger partial charge in [-0.25, -0.2) is 15.0 Å². The molecule has 2 aromatic heterocycles. The molecule has 0 spiro atoms. The Labute approximate surface area is 319 Å². The van der Waals surface area contributed by atoms with Crippen molar-refractivity contribution in [3.8, 4) is 78.7 Å². The van der Waals surface area contributed by atoms with Crippen molar-refractivity contribution >= 4 is 21.9 Å². The van der Waals surface area contributed by atoms with Crippen LogP contribution < -0.4 is 0 Å². The minimum absolute atomic E-state index is 0.589. The second-order valence-electron chi connectivity index (χ2n) is 13.6. The van der Waals surface area contributed by atoms with Gasteiger partial charge in [0.25, 0.3) is 0 Å². The maximum atomic E-state index is 6.56. The predicted molar refractivity (Wildman–Crippen MR) is 225 cm³/mol. The van der Waals surface area contributed by atoms with Crippen LogP contribution in [0, 0.1) is 0 Å². The molecular formula is C51H33N3O. The third-order valence-electron chi connectivity index (χ3n) is 10.2. The van der Waals surface area contributed by atoms with Crippen LogP contribution in [0.2, 0.25) is 0 Å². The molecule has 0 saturated carbocycles. The van der Waals surface area contributed by atoms with E-state index in [9.17, 15) is 0 Å². The lowest BCUT2D eigenvalue weighted by Gasteiger charge is -2.11. The number of aromatic nitrogens is 3. The lowest BCUT2D eigenvalue weighted by molar-refractivity contribution is 0.669. The first-order chi connectivity index (χ1) is 27.2. The highest BCUT2D eigenvalue weighted by atomic mass is 16.3. The highest BCUT2D eigenvalue weighted by Crippen LogP contribution is 2.42. The molecule has 4 nitrogen and oxygen atoms in total. The molecule has 0 bridgehead atoms. The minimum atomic E-state index is 0.589. The largest absolute Gasteiger partial charge is 0.456 e. The molecule has 0 N–H and O–H groups in total. The van der Waals surface area contributed by atoms with E-state index in [1.165, 1.54) is 11.1 Å². The number of nitrogens with zero attached hydrogens (tertiary/aromatic N) is 3. The molecule has 4 heteroatoms. The van der Waals surface area contributed by atoms with E-state index in [2.05, 4.69) is 140 Å². The van der Waals surface area contributed by atoms with Crippen LogP contribution in [0.3, 0.4) is 0 Å². The van der Waals surface area contributed by atoms with E-state index in [4.69, 9.17) is 19.4 Å². The van der Waals surface area contributed by atoms with Crippen LogP contribution in [-0.4, -0.2) is 15.0 Å². The number of hydrogen-bond acceptors (Lipinski definition) is 4. The number of fused-ring (bicyclic) bond motifs is 3. The van der Waals surface area contributed by atoms with Crippen molar-refractivity contribution in [2.75, 3.05) is 0 Å². The fourth-order valence-corrected chi connectivity index (χ4v) is 7.43. The summed E-state index contributed by atoms with van der Waals surface area (Å²) < 4.78 is 6.56. The highest BCUT2D eigenvalue weighted by Gasteiger charge is 2.20. The molecule has 258 valence electrons. The van der Waals surface area contributed by atoms with Crippen LogP contribution in [0.1, 0.15) is 0 Å². The second-order valence-corrected chi connectivity index (χ2v) is 13.6. The van der Waals surface area contributed by atoms with Crippen molar-refractivity contribution in [1.82, 2.24) is 15.0 Å². The molecule has 2 heterocycles. The molecule has 0 atom stereocenters. The topological polar surface area (TPSA) is 51.8 Å². The maximum Gasteiger partial charge on any atom is 0.164 e. The third kappa shape index (κ3) is 6.16. The molecule has 8 aromatic carbocycles. The Kier molecular flexibility index (Phi) is 8.12. The van der Waals surface area contributed by atoms with E-state index in [-0.39, 0.29) is 0 Å². The average molecular weight is 704 g/mol. The Morgan fingerprint density at radius 1 is 0.255 bits per heavy atom. The molecule has 10 rings (SSSR count). The van der Waals surface area contributed by atoms with E-state index < -0.39 is 0 Å². The summed E-state index contributed by atoms with van der Waals surface area (Å²) in [6, 6.07) is 69.3. The number of hydrogen-bond donors (Lipinski definition) is 0. The molecule has 55 heavy (non-hydrogen) atoms. The molecule has 0 unspecified atom stereocenters. The fourth-order valence-electron chi connectivity index (χ4n) is 7.43. The first-order valence-electron chi connectivity index (χ1n) is 18.4. The molecular weight excluding hydrogens is 671 g/mol. The molecule has 0 aliphatic carbocycles. The summed E-state index contributed by atoms with van der Waals surface area (Å²) in [6.07, 6.45) is 0. The van der Waals surface area contributed by atoms with Gasteiger partial charge in [0.2, 0.25) is 0 Å². The van der Waals surface area contributed by atoms with Gasteiger partial charge in [-0.15, -0.1) is 0 Å². The van der Waals surface area contributed by atoms with Gasteiger partial charge in [0.05, 0.1) is 0 Å². The van der Waals surface area contributed by atoms with Gasteiger partial charge in [-0.3, -0.25) is 0 Å². The summed E-state index contributed by atoms with van der Waals surface area (Å²) in [4.78, 5) is 15.3. The number of furan rings is 1. The number of rotatable bonds is 7. The van der Waals surface area contributed by atoms with E-state index in [1.54, 1.807) is 0 Å². The Hall–Kier alpha value is -7.43. The van der Waals surface area contributed by atoms with Crippen molar-refractivity contribution in [2.24, 2.45) is 0 Å². The Balaban J connectivity index is 1.11. The fraction of sp³-hybridized carbons (Fsp3) is 0. The summed E-state index contributed by atoms with van der Waals surface area (Å²) in [5, 5.41) is 2.00. The Morgan fingerprint density at radius 3 is 1.18 bits per heavy atom. The smallest absolute Gasteiger partial charge is 0.164 e. The summed E-state index contributed by atoms with van der Waals surface area (Å²) in [5.41, 5.74) is 13.5. The van der Waals surface area contributed by atoms with Gasteiger partial charge in [-0.2, -0.15) is 0 Å². The minimum Gasteiger partial charge on any atom is -0.456 e. The predicted octanol–water partition coefficient (Wildman–Crippen LogP) is 13.4.